The van der Waals surface area contributed by atoms with Crippen molar-refractivity contribution >= 4 is 29.1 Å². The van der Waals surface area contributed by atoms with Gasteiger partial charge in [0, 0.05) is 42.6 Å². The van der Waals surface area contributed by atoms with Crippen LogP contribution in [0, 0.1) is 0 Å². The molecule has 1 saturated heterocycles. The number of hydrogen-bond acceptors (Lipinski definition) is 4. The monoisotopic (exact) mass is 381 g/mol. The summed E-state index contributed by atoms with van der Waals surface area (Å²) in [4.78, 5) is 36.0. The zero-order chi connectivity index (χ0) is 19.9. The van der Waals surface area contributed by atoms with E-state index < -0.39 is 0 Å². The van der Waals surface area contributed by atoms with Gasteiger partial charge in [0.1, 0.15) is 0 Å². The summed E-state index contributed by atoms with van der Waals surface area (Å²) in [6.45, 7) is 2.62. The lowest BCUT2D eigenvalue weighted by atomic mass is 10.1. The minimum atomic E-state index is -0.339. The molecule has 0 aliphatic carbocycles. The Morgan fingerprint density at radius 1 is 0.964 bits per heavy atom. The third-order valence-corrected chi connectivity index (χ3v) is 4.34. The van der Waals surface area contributed by atoms with Gasteiger partial charge in [-0.15, -0.1) is 0 Å². The van der Waals surface area contributed by atoms with Gasteiger partial charge >= 0.3 is 0 Å². The van der Waals surface area contributed by atoms with Crippen LogP contribution in [0.3, 0.4) is 0 Å². The fourth-order valence-electron chi connectivity index (χ4n) is 3.00. The average molecular weight is 381 g/mol. The first-order valence-electron chi connectivity index (χ1n) is 9.20. The van der Waals surface area contributed by atoms with Crippen LogP contribution in [0.2, 0.25) is 0 Å². The number of nitrogens with one attached hydrogen (secondary N) is 3. The molecule has 0 aromatic heterocycles. The molecule has 1 unspecified atom stereocenters. The number of carbonyl (C=O) groups is 3. The van der Waals surface area contributed by atoms with E-state index in [1.54, 1.807) is 48.5 Å². The van der Waals surface area contributed by atoms with Gasteiger partial charge in [0.15, 0.2) is 0 Å². The maximum absolute atomic E-state index is 12.5. The molecule has 1 aliphatic rings. The van der Waals surface area contributed by atoms with Crippen molar-refractivity contribution in [3.05, 3.63) is 59.7 Å². The van der Waals surface area contributed by atoms with Crippen molar-refractivity contribution in [2.24, 2.45) is 0 Å². The normalized spacial score (nSPS) is 15.7. The average Bonchev–Trinajstić information content (AvgIpc) is 3.19. The van der Waals surface area contributed by atoms with E-state index in [0.29, 0.717) is 29.0 Å². The summed E-state index contributed by atoms with van der Waals surface area (Å²) in [5, 5.41) is 8.29. The van der Waals surface area contributed by atoms with Crippen LogP contribution in [-0.4, -0.2) is 37.0 Å². The second-order valence-corrected chi connectivity index (χ2v) is 6.64. The lowest BCUT2D eigenvalue weighted by Gasteiger charge is -2.11. The summed E-state index contributed by atoms with van der Waals surface area (Å²) < 4.78 is 5.50. The molecule has 28 heavy (non-hydrogen) atoms. The lowest BCUT2D eigenvalue weighted by Crippen LogP contribution is -2.31. The molecule has 0 radical (unpaired) electrons. The second-order valence-electron chi connectivity index (χ2n) is 6.64. The van der Waals surface area contributed by atoms with E-state index in [2.05, 4.69) is 16.0 Å². The zero-order valence-corrected chi connectivity index (χ0v) is 15.7. The molecule has 7 nitrogen and oxygen atoms in total. The first-order valence-corrected chi connectivity index (χ1v) is 9.20. The predicted octanol–water partition coefficient (Wildman–Crippen LogP) is 2.81. The Hall–Kier alpha value is -3.19. The molecule has 0 bridgehead atoms. The van der Waals surface area contributed by atoms with Gasteiger partial charge in [0.05, 0.1) is 6.10 Å². The number of ether oxygens (including phenoxy) is 1. The van der Waals surface area contributed by atoms with Crippen LogP contribution in [0.1, 0.15) is 40.5 Å². The lowest BCUT2D eigenvalue weighted by molar-refractivity contribution is -0.114. The van der Waals surface area contributed by atoms with E-state index >= 15 is 0 Å². The Morgan fingerprint density at radius 3 is 2.32 bits per heavy atom. The van der Waals surface area contributed by atoms with E-state index in [9.17, 15) is 14.4 Å². The molecule has 146 valence electrons. The third-order valence-electron chi connectivity index (χ3n) is 4.34. The Morgan fingerprint density at radius 2 is 1.64 bits per heavy atom. The molecule has 0 saturated carbocycles. The van der Waals surface area contributed by atoms with Crippen molar-refractivity contribution in [2.75, 3.05) is 23.8 Å². The van der Waals surface area contributed by atoms with Crippen molar-refractivity contribution in [2.45, 2.75) is 25.9 Å². The summed E-state index contributed by atoms with van der Waals surface area (Å²) >= 11 is 0. The van der Waals surface area contributed by atoms with E-state index in [-0.39, 0.29) is 23.8 Å². The van der Waals surface area contributed by atoms with Crippen molar-refractivity contribution in [3.63, 3.8) is 0 Å². The molecule has 1 atom stereocenters. The van der Waals surface area contributed by atoms with Crippen LogP contribution < -0.4 is 16.0 Å². The van der Waals surface area contributed by atoms with Gasteiger partial charge in [-0.3, -0.25) is 14.4 Å². The van der Waals surface area contributed by atoms with Crippen LogP contribution >= 0.6 is 0 Å². The van der Waals surface area contributed by atoms with Gasteiger partial charge in [0.2, 0.25) is 5.91 Å². The van der Waals surface area contributed by atoms with Gasteiger partial charge in [-0.05, 0) is 49.2 Å². The highest BCUT2D eigenvalue weighted by Crippen LogP contribution is 2.17. The maximum atomic E-state index is 12.5. The molecule has 3 amide bonds. The molecule has 3 rings (SSSR count). The third kappa shape index (κ3) is 5.40. The summed E-state index contributed by atoms with van der Waals surface area (Å²) in [6, 6.07) is 13.4. The summed E-state index contributed by atoms with van der Waals surface area (Å²) in [6.07, 6.45) is 2.02. The molecule has 1 heterocycles. The number of rotatable bonds is 6. The molecule has 2 aromatic carbocycles. The Labute approximate surface area is 163 Å². The summed E-state index contributed by atoms with van der Waals surface area (Å²) in [7, 11) is 0. The second kappa shape index (κ2) is 9.14. The molecule has 1 aliphatic heterocycles. The highest BCUT2D eigenvalue weighted by atomic mass is 16.5. The largest absolute Gasteiger partial charge is 0.376 e. The molecular weight excluding hydrogens is 358 g/mol. The number of amides is 3. The Kier molecular flexibility index (Phi) is 6.39. The van der Waals surface area contributed by atoms with Gasteiger partial charge in [-0.25, -0.2) is 0 Å². The highest BCUT2D eigenvalue weighted by molar-refractivity contribution is 6.06. The zero-order valence-electron chi connectivity index (χ0n) is 15.7. The number of carbonyl (C=O) groups excluding carboxylic acids is 3. The fourth-order valence-corrected chi connectivity index (χ4v) is 3.00. The first-order chi connectivity index (χ1) is 13.5. The van der Waals surface area contributed by atoms with E-state index in [1.807, 2.05) is 0 Å². The van der Waals surface area contributed by atoms with E-state index in [4.69, 9.17) is 4.74 Å². The number of benzene rings is 2. The van der Waals surface area contributed by atoms with Gasteiger partial charge in [0.25, 0.3) is 11.8 Å². The van der Waals surface area contributed by atoms with E-state index in [0.717, 1.165) is 19.4 Å². The SMILES string of the molecule is CC(=O)Nc1cccc(NC(=O)c2cccc(C(=O)NCC3CCCO3)c2)c1. The fraction of sp³-hybridized carbons (Fsp3) is 0.286. The van der Waals surface area contributed by atoms with E-state index in [1.165, 1.54) is 6.92 Å². The topological polar surface area (TPSA) is 96.5 Å². The van der Waals surface area contributed by atoms with Crippen LogP contribution in [0.15, 0.2) is 48.5 Å². The van der Waals surface area contributed by atoms with Crippen LogP contribution in [0.4, 0.5) is 11.4 Å². The number of hydrogen-bond donors (Lipinski definition) is 3. The van der Waals surface area contributed by atoms with Crippen LogP contribution in [0.5, 0.6) is 0 Å². The van der Waals surface area contributed by atoms with Crippen molar-refractivity contribution in [3.8, 4) is 0 Å². The molecule has 1 fully saturated rings. The van der Waals surface area contributed by atoms with Gasteiger partial charge in [-0.1, -0.05) is 12.1 Å². The van der Waals surface area contributed by atoms with Crippen molar-refractivity contribution in [1.29, 1.82) is 0 Å². The van der Waals surface area contributed by atoms with Crippen LogP contribution in [-0.2, 0) is 9.53 Å². The Balaban J connectivity index is 1.63. The first kappa shape index (κ1) is 19.6. The molecule has 2 aromatic rings. The number of anilines is 2. The summed E-state index contributed by atoms with van der Waals surface area (Å²) in [5.41, 5.74) is 1.92. The standard InChI is InChI=1S/C21H23N3O4/c1-14(25)23-17-7-3-8-18(12-17)24-21(27)16-6-2-5-15(11-16)20(26)22-13-19-9-4-10-28-19/h2-3,5-8,11-12,19H,4,9-10,13H2,1H3,(H,22,26)(H,23,25)(H,24,27). The highest BCUT2D eigenvalue weighted by Gasteiger charge is 2.17. The van der Waals surface area contributed by atoms with Crippen LogP contribution in [0.25, 0.3) is 0 Å². The Bertz CT molecular complexity index is 875. The van der Waals surface area contributed by atoms with Gasteiger partial charge < -0.3 is 20.7 Å². The molecular formula is C21H23N3O4. The quantitative estimate of drug-likeness (QED) is 0.717. The molecule has 7 heteroatoms. The minimum absolute atomic E-state index is 0.0614. The van der Waals surface area contributed by atoms with Gasteiger partial charge in [-0.2, -0.15) is 0 Å². The van der Waals surface area contributed by atoms with Crippen molar-refractivity contribution in [1.82, 2.24) is 5.32 Å². The molecule has 3 N–H and O–H groups in total. The summed E-state index contributed by atoms with van der Waals surface area (Å²) in [5.74, 6) is -0.767. The maximum Gasteiger partial charge on any atom is 0.255 e. The van der Waals surface area contributed by atoms with Crippen molar-refractivity contribution < 1.29 is 19.1 Å². The minimum Gasteiger partial charge on any atom is -0.376 e. The molecule has 0 spiro atoms. The predicted molar refractivity (Wildman–Crippen MR) is 106 cm³/mol. The smallest absolute Gasteiger partial charge is 0.255 e.